The highest BCUT2D eigenvalue weighted by Crippen LogP contribution is 2.41. The van der Waals surface area contributed by atoms with Crippen LogP contribution in [-0.4, -0.2) is 18.0 Å². The molecule has 2 rings (SSSR count). The van der Waals surface area contributed by atoms with Crippen molar-refractivity contribution in [2.24, 2.45) is 5.41 Å². The number of Topliss-reactive ketones (excluding diaryl/α,β-unsaturated/α-hetero) is 1. The number of hydrogen-bond donors (Lipinski definition) is 1. The number of phenolic OH excluding ortho intramolecular Hbond substituents is 1. The van der Waals surface area contributed by atoms with Crippen molar-refractivity contribution in [2.45, 2.75) is 27.2 Å². The van der Waals surface area contributed by atoms with Gasteiger partial charge in [-0.15, -0.1) is 0 Å². The summed E-state index contributed by atoms with van der Waals surface area (Å²) in [5.41, 5.74) is 2.19. The van der Waals surface area contributed by atoms with Gasteiger partial charge >= 0.3 is 0 Å². The van der Waals surface area contributed by atoms with Crippen molar-refractivity contribution in [2.75, 3.05) is 7.11 Å². The summed E-state index contributed by atoms with van der Waals surface area (Å²) in [6.07, 6.45) is 4.81. The van der Waals surface area contributed by atoms with Crippen LogP contribution in [0.1, 0.15) is 42.3 Å². The van der Waals surface area contributed by atoms with E-state index in [0.29, 0.717) is 11.3 Å². The van der Waals surface area contributed by atoms with Crippen LogP contribution in [0.2, 0.25) is 0 Å². The molecule has 0 bridgehead atoms. The lowest BCUT2D eigenvalue weighted by molar-refractivity contribution is 0.101. The fourth-order valence-electron chi connectivity index (χ4n) is 2.46. The number of rotatable bonds is 2. The fourth-order valence-corrected chi connectivity index (χ4v) is 2.46. The molecule has 1 aliphatic rings. The van der Waals surface area contributed by atoms with Crippen LogP contribution < -0.4 is 4.74 Å². The van der Waals surface area contributed by atoms with Crippen molar-refractivity contribution in [1.82, 2.24) is 0 Å². The second kappa shape index (κ2) is 4.16. The van der Waals surface area contributed by atoms with Crippen molar-refractivity contribution in [1.29, 1.82) is 0 Å². The molecule has 0 saturated heterocycles. The smallest absolute Gasteiger partial charge is 0.163 e. The normalized spacial score (nSPS) is 16.2. The van der Waals surface area contributed by atoms with Gasteiger partial charge in [0.15, 0.2) is 5.78 Å². The van der Waals surface area contributed by atoms with Crippen LogP contribution in [0.5, 0.6) is 11.5 Å². The van der Waals surface area contributed by atoms with Crippen LogP contribution in [0.3, 0.4) is 0 Å². The third-order valence-electron chi connectivity index (χ3n) is 3.32. The van der Waals surface area contributed by atoms with E-state index in [2.05, 4.69) is 19.9 Å². The van der Waals surface area contributed by atoms with Crippen molar-refractivity contribution >= 4 is 11.9 Å². The Morgan fingerprint density at radius 3 is 2.67 bits per heavy atom. The fraction of sp³-hybridized carbons (Fsp3) is 0.400. The Morgan fingerprint density at radius 2 is 2.11 bits per heavy atom. The Bertz CT molecular complexity index is 539. The Balaban J connectivity index is 2.74. The highest BCUT2D eigenvalue weighted by atomic mass is 16.5. The van der Waals surface area contributed by atoms with E-state index in [-0.39, 0.29) is 16.9 Å². The Morgan fingerprint density at radius 1 is 1.44 bits per heavy atom. The number of allylic oxidation sites excluding steroid dienone is 1. The lowest BCUT2D eigenvalue weighted by Crippen LogP contribution is -2.19. The van der Waals surface area contributed by atoms with E-state index in [4.69, 9.17) is 4.74 Å². The van der Waals surface area contributed by atoms with Crippen LogP contribution >= 0.6 is 0 Å². The van der Waals surface area contributed by atoms with Gasteiger partial charge in [-0.05, 0) is 24.3 Å². The van der Waals surface area contributed by atoms with Crippen LogP contribution in [0, 0.1) is 5.41 Å². The monoisotopic (exact) mass is 246 g/mol. The van der Waals surface area contributed by atoms with Gasteiger partial charge in [-0.2, -0.15) is 0 Å². The SMILES string of the molecule is COc1cc(O)c(C(C)=O)c2c1C=CC(C)(C)C2. The van der Waals surface area contributed by atoms with E-state index in [1.807, 2.05) is 6.08 Å². The highest BCUT2D eigenvalue weighted by molar-refractivity contribution is 6.00. The van der Waals surface area contributed by atoms with Crippen molar-refractivity contribution in [3.63, 3.8) is 0 Å². The number of carbonyl (C=O) groups excluding carboxylic acids is 1. The zero-order chi connectivity index (χ0) is 13.5. The van der Waals surface area contributed by atoms with Gasteiger partial charge in [-0.25, -0.2) is 0 Å². The molecule has 1 N–H and O–H groups in total. The summed E-state index contributed by atoms with van der Waals surface area (Å²) in [6.45, 7) is 5.69. The minimum atomic E-state index is -0.113. The molecule has 0 heterocycles. The topological polar surface area (TPSA) is 46.5 Å². The van der Waals surface area contributed by atoms with Crippen LogP contribution in [-0.2, 0) is 6.42 Å². The van der Waals surface area contributed by atoms with Gasteiger partial charge < -0.3 is 9.84 Å². The van der Waals surface area contributed by atoms with Crippen LogP contribution in [0.4, 0.5) is 0 Å². The molecule has 1 aromatic rings. The second-order valence-electron chi connectivity index (χ2n) is 5.42. The maximum absolute atomic E-state index is 11.7. The summed E-state index contributed by atoms with van der Waals surface area (Å²) >= 11 is 0. The number of carbonyl (C=O) groups is 1. The molecule has 0 unspecified atom stereocenters. The number of methoxy groups -OCH3 is 1. The van der Waals surface area contributed by atoms with Gasteiger partial charge in [0.2, 0.25) is 0 Å². The molecule has 0 fully saturated rings. The number of aromatic hydroxyl groups is 1. The van der Waals surface area contributed by atoms with Gasteiger partial charge in [0, 0.05) is 11.6 Å². The molecule has 0 aromatic heterocycles. The molecule has 0 aliphatic heterocycles. The molecule has 3 heteroatoms. The second-order valence-corrected chi connectivity index (χ2v) is 5.42. The molecule has 0 saturated carbocycles. The summed E-state index contributed by atoms with van der Waals surface area (Å²) in [5.74, 6) is 0.501. The maximum Gasteiger partial charge on any atom is 0.163 e. The molecule has 0 radical (unpaired) electrons. The van der Waals surface area contributed by atoms with Crippen LogP contribution in [0.25, 0.3) is 6.08 Å². The summed E-state index contributed by atoms with van der Waals surface area (Å²) in [7, 11) is 1.57. The summed E-state index contributed by atoms with van der Waals surface area (Å²) < 4.78 is 5.27. The van der Waals surface area contributed by atoms with Crippen LogP contribution in [0.15, 0.2) is 12.1 Å². The zero-order valence-corrected chi connectivity index (χ0v) is 11.2. The Labute approximate surface area is 107 Å². The third kappa shape index (κ3) is 2.01. The lowest BCUT2D eigenvalue weighted by atomic mass is 9.77. The van der Waals surface area contributed by atoms with E-state index in [1.165, 1.54) is 13.0 Å². The lowest BCUT2D eigenvalue weighted by Gasteiger charge is -2.28. The Kier molecular flexibility index (Phi) is 2.93. The van der Waals surface area contributed by atoms with Crippen molar-refractivity contribution < 1.29 is 14.6 Å². The molecule has 18 heavy (non-hydrogen) atoms. The third-order valence-corrected chi connectivity index (χ3v) is 3.32. The molecule has 0 amide bonds. The largest absolute Gasteiger partial charge is 0.507 e. The standard InChI is InChI=1S/C15H18O3/c1-9(16)14-11-8-15(2,3)6-5-10(11)13(18-4)7-12(14)17/h5-7,17H,8H2,1-4H3. The van der Waals surface area contributed by atoms with Crippen molar-refractivity contribution in [3.8, 4) is 11.5 Å². The average Bonchev–Trinajstić information content (AvgIpc) is 2.25. The van der Waals surface area contributed by atoms with Gasteiger partial charge in [0.1, 0.15) is 11.5 Å². The van der Waals surface area contributed by atoms with Gasteiger partial charge in [-0.3, -0.25) is 4.79 Å². The zero-order valence-electron chi connectivity index (χ0n) is 11.2. The van der Waals surface area contributed by atoms with Crippen molar-refractivity contribution in [3.05, 3.63) is 28.8 Å². The molecule has 96 valence electrons. The molecule has 0 atom stereocenters. The first-order chi connectivity index (χ1) is 8.35. The first-order valence-corrected chi connectivity index (χ1v) is 5.99. The van der Waals surface area contributed by atoms with E-state index >= 15 is 0 Å². The minimum Gasteiger partial charge on any atom is -0.507 e. The maximum atomic E-state index is 11.7. The van der Waals surface area contributed by atoms with E-state index < -0.39 is 0 Å². The van der Waals surface area contributed by atoms with E-state index in [0.717, 1.165) is 17.5 Å². The van der Waals surface area contributed by atoms with Gasteiger partial charge in [0.05, 0.1) is 12.7 Å². The van der Waals surface area contributed by atoms with Gasteiger partial charge in [0.25, 0.3) is 0 Å². The summed E-state index contributed by atoms with van der Waals surface area (Å²) in [6, 6.07) is 1.51. The minimum absolute atomic E-state index is 0.00389. The number of ether oxygens (including phenoxy) is 1. The Hall–Kier alpha value is -1.77. The summed E-state index contributed by atoms with van der Waals surface area (Å²) in [5, 5.41) is 9.99. The quantitative estimate of drug-likeness (QED) is 0.815. The first-order valence-electron chi connectivity index (χ1n) is 5.99. The average molecular weight is 246 g/mol. The molecule has 1 aromatic carbocycles. The van der Waals surface area contributed by atoms with E-state index in [9.17, 15) is 9.90 Å². The number of fused-ring (bicyclic) bond motifs is 1. The molecule has 1 aliphatic carbocycles. The summed E-state index contributed by atoms with van der Waals surface area (Å²) in [4.78, 5) is 11.7. The number of ketones is 1. The predicted molar refractivity (Wildman–Crippen MR) is 71.2 cm³/mol. The van der Waals surface area contributed by atoms with E-state index in [1.54, 1.807) is 7.11 Å². The predicted octanol–water partition coefficient (Wildman–Crippen LogP) is 3.20. The highest BCUT2D eigenvalue weighted by Gasteiger charge is 2.28. The number of phenols is 1. The van der Waals surface area contributed by atoms with Gasteiger partial charge in [-0.1, -0.05) is 26.0 Å². The number of hydrogen-bond acceptors (Lipinski definition) is 3. The molecule has 0 spiro atoms. The first kappa shape index (κ1) is 12.7. The molecular weight excluding hydrogens is 228 g/mol. The molecule has 3 nitrogen and oxygen atoms in total. The number of benzene rings is 1. The molecular formula is C15H18O3.